The average Bonchev–Trinajstić information content (AvgIpc) is 2.38. The summed E-state index contributed by atoms with van der Waals surface area (Å²) in [5.41, 5.74) is 0.610. The van der Waals surface area contributed by atoms with E-state index in [2.05, 4.69) is 51.6 Å². The third-order valence-electron chi connectivity index (χ3n) is 4.06. The fourth-order valence-corrected chi connectivity index (χ4v) is 2.52. The van der Waals surface area contributed by atoms with Crippen molar-refractivity contribution in [1.82, 2.24) is 0 Å². The van der Waals surface area contributed by atoms with Crippen LogP contribution in [0.15, 0.2) is 23.8 Å². The highest BCUT2D eigenvalue weighted by Crippen LogP contribution is 2.36. The molecule has 0 saturated heterocycles. The second-order valence-corrected chi connectivity index (χ2v) is 12.0. The molecule has 0 N–H and O–H groups in total. The molecule has 0 bridgehead atoms. The van der Waals surface area contributed by atoms with E-state index >= 15 is 0 Å². The summed E-state index contributed by atoms with van der Waals surface area (Å²) in [6.07, 6.45) is 6.72. The Labute approximate surface area is 131 Å². The summed E-state index contributed by atoms with van der Waals surface area (Å²) in [4.78, 5) is 11.2. The molecule has 21 heavy (non-hydrogen) atoms. The van der Waals surface area contributed by atoms with Crippen LogP contribution in [0.3, 0.4) is 0 Å². The van der Waals surface area contributed by atoms with Crippen LogP contribution in [-0.4, -0.2) is 28.0 Å². The lowest BCUT2D eigenvalue weighted by molar-refractivity contribution is -0.136. The predicted octanol–water partition coefficient (Wildman–Crippen LogP) is 4.71. The number of carbonyl (C=O) groups is 1. The van der Waals surface area contributed by atoms with Crippen LogP contribution in [0.4, 0.5) is 0 Å². The quantitative estimate of drug-likeness (QED) is 0.295. The van der Waals surface area contributed by atoms with Crippen LogP contribution >= 0.6 is 0 Å². The van der Waals surface area contributed by atoms with Crippen LogP contribution in [0.2, 0.25) is 18.1 Å². The number of methoxy groups -OCH3 is 1. The van der Waals surface area contributed by atoms with Gasteiger partial charge in [-0.15, -0.1) is 0 Å². The molecule has 0 aromatic carbocycles. The molecule has 0 heterocycles. The second-order valence-electron chi connectivity index (χ2n) is 7.18. The van der Waals surface area contributed by atoms with Crippen molar-refractivity contribution in [3.63, 3.8) is 0 Å². The average molecular weight is 313 g/mol. The summed E-state index contributed by atoms with van der Waals surface area (Å²) in [7, 11) is -0.258. The van der Waals surface area contributed by atoms with Gasteiger partial charge < -0.3 is 9.16 Å². The zero-order chi connectivity index (χ0) is 16.7. The van der Waals surface area contributed by atoms with E-state index in [-0.39, 0.29) is 11.0 Å². The number of rotatable bonds is 7. The lowest BCUT2D eigenvalue weighted by Gasteiger charge is -2.36. The number of hydrogen-bond donors (Lipinski definition) is 0. The molecule has 0 aliphatic heterocycles. The molecule has 0 aromatic rings. The summed E-state index contributed by atoms with van der Waals surface area (Å²) < 4.78 is 10.8. The summed E-state index contributed by atoms with van der Waals surface area (Å²) in [6, 6.07) is 0. The van der Waals surface area contributed by atoms with E-state index in [4.69, 9.17) is 4.43 Å². The van der Waals surface area contributed by atoms with Crippen LogP contribution in [0.5, 0.6) is 0 Å². The van der Waals surface area contributed by atoms with Crippen molar-refractivity contribution in [3.05, 3.63) is 23.8 Å². The highest BCUT2D eigenvalue weighted by atomic mass is 28.4. The molecule has 0 unspecified atom stereocenters. The van der Waals surface area contributed by atoms with Gasteiger partial charge in [-0.05, 0) is 37.4 Å². The molecule has 0 aromatic heterocycles. The lowest BCUT2D eigenvalue weighted by Crippen LogP contribution is -2.41. The van der Waals surface area contributed by atoms with Crippen molar-refractivity contribution >= 4 is 14.3 Å². The van der Waals surface area contributed by atoms with Crippen LogP contribution in [0, 0.1) is 5.92 Å². The van der Waals surface area contributed by atoms with E-state index < -0.39 is 8.32 Å². The van der Waals surface area contributed by atoms with E-state index in [1.807, 2.05) is 6.08 Å². The second kappa shape index (κ2) is 8.54. The minimum absolute atomic E-state index is 0.253. The van der Waals surface area contributed by atoms with E-state index in [1.54, 1.807) is 13.0 Å². The van der Waals surface area contributed by atoms with Crippen molar-refractivity contribution in [2.75, 3.05) is 13.7 Å². The van der Waals surface area contributed by atoms with Crippen molar-refractivity contribution in [2.45, 2.75) is 59.2 Å². The van der Waals surface area contributed by atoms with Crippen molar-refractivity contribution in [2.24, 2.45) is 5.92 Å². The summed E-state index contributed by atoms with van der Waals surface area (Å²) in [5.74, 6) is 0.191. The molecule has 122 valence electrons. The van der Waals surface area contributed by atoms with Crippen LogP contribution in [0.25, 0.3) is 0 Å². The standard InChI is InChI=1S/C17H32O3Si/c1-14(13-20-21(7,8)17(3,4)5)11-9-10-12-15(2)16(18)19-6/h9-10,12,14H,11,13H2,1-8H3/b10-9+,15-12+/t14-/m1/s1. The van der Waals surface area contributed by atoms with Crippen molar-refractivity contribution in [1.29, 1.82) is 0 Å². The first-order valence-electron chi connectivity index (χ1n) is 7.57. The Morgan fingerprint density at radius 1 is 1.29 bits per heavy atom. The lowest BCUT2D eigenvalue weighted by atomic mass is 10.1. The first kappa shape index (κ1) is 20.1. The van der Waals surface area contributed by atoms with Crippen molar-refractivity contribution in [3.8, 4) is 0 Å². The van der Waals surface area contributed by atoms with Gasteiger partial charge in [0.2, 0.25) is 0 Å². The van der Waals surface area contributed by atoms with Gasteiger partial charge in [-0.25, -0.2) is 4.79 Å². The molecule has 0 amide bonds. The largest absolute Gasteiger partial charge is 0.466 e. The highest BCUT2D eigenvalue weighted by molar-refractivity contribution is 6.74. The number of ether oxygens (including phenoxy) is 1. The third-order valence-corrected chi connectivity index (χ3v) is 8.56. The van der Waals surface area contributed by atoms with Crippen molar-refractivity contribution < 1.29 is 14.0 Å². The molecule has 0 rings (SSSR count). The normalized spacial score (nSPS) is 15.3. The van der Waals surface area contributed by atoms with Gasteiger partial charge in [-0.2, -0.15) is 0 Å². The summed E-state index contributed by atoms with van der Waals surface area (Å²) in [5, 5.41) is 0.253. The SMILES string of the molecule is COC(=O)/C(C)=C/C=C/C[C@@H](C)CO[Si](C)(C)C(C)(C)C. The van der Waals surface area contributed by atoms with Gasteiger partial charge in [0, 0.05) is 12.2 Å². The van der Waals surface area contributed by atoms with E-state index in [9.17, 15) is 4.79 Å². The van der Waals surface area contributed by atoms with Crippen LogP contribution in [-0.2, 0) is 14.0 Å². The van der Waals surface area contributed by atoms with Gasteiger partial charge in [-0.3, -0.25) is 0 Å². The Morgan fingerprint density at radius 3 is 2.33 bits per heavy atom. The smallest absolute Gasteiger partial charge is 0.333 e. The number of esters is 1. The Morgan fingerprint density at radius 2 is 1.86 bits per heavy atom. The van der Waals surface area contributed by atoms with Gasteiger partial charge in [0.1, 0.15) is 0 Å². The Bertz CT molecular complexity index is 389. The topological polar surface area (TPSA) is 35.5 Å². The third kappa shape index (κ3) is 7.62. The molecule has 0 radical (unpaired) electrons. The van der Waals surface area contributed by atoms with E-state index in [1.165, 1.54) is 7.11 Å². The molecular weight excluding hydrogens is 280 g/mol. The molecule has 1 atom stereocenters. The van der Waals surface area contributed by atoms with Gasteiger partial charge in [-0.1, -0.05) is 45.9 Å². The van der Waals surface area contributed by atoms with Gasteiger partial charge in [0.15, 0.2) is 8.32 Å². The maximum absolute atomic E-state index is 11.2. The molecule has 0 aliphatic rings. The van der Waals surface area contributed by atoms with Gasteiger partial charge in [0.05, 0.1) is 7.11 Å². The molecule has 0 fully saturated rings. The molecule has 4 heteroatoms. The highest BCUT2D eigenvalue weighted by Gasteiger charge is 2.37. The zero-order valence-electron chi connectivity index (χ0n) is 14.9. The Balaban J connectivity index is 4.24. The molecule has 3 nitrogen and oxygen atoms in total. The summed E-state index contributed by atoms with van der Waals surface area (Å²) >= 11 is 0. The van der Waals surface area contributed by atoms with Crippen LogP contribution in [0.1, 0.15) is 41.0 Å². The summed E-state index contributed by atoms with van der Waals surface area (Å²) in [6.45, 7) is 16.0. The fourth-order valence-electron chi connectivity index (χ4n) is 1.39. The number of hydrogen-bond acceptors (Lipinski definition) is 3. The van der Waals surface area contributed by atoms with Gasteiger partial charge >= 0.3 is 5.97 Å². The predicted molar refractivity (Wildman–Crippen MR) is 91.8 cm³/mol. The maximum Gasteiger partial charge on any atom is 0.333 e. The minimum atomic E-state index is -1.65. The fraction of sp³-hybridized carbons (Fsp3) is 0.706. The number of allylic oxidation sites excluding steroid dienone is 3. The van der Waals surface area contributed by atoms with E-state index in [0.29, 0.717) is 11.5 Å². The van der Waals surface area contributed by atoms with Gasteiger partial charge in [0.25, 0.3) is 0 Å². The molecule has 0 aliphatic carbocycles. The maximum atomic E-state index is 11.2. The Kier molecular flexibility index (Phi) is 8.19. The number of carbonyl (C=O) groups excluding carboxylic acids is 1. The van der Waals surface area contributed by atoms with E-state index in [0.717, 1.165) is 13.0 Å². The first-order chi connectivity index (χ1) is 9.51. The minimum Gasteiger partial charge on any atom is -0.466 e. The van der Waals surface area contributed by atoms with Crippen LogP contribution < -0.4 is 0 Å². The Hall–Kier alpha value is -0.873. The first-order valence-corrected chi connectivity index (χ1v) is 10.5. The zero-order valence-corrected chi connectivity index (χ0v) is 15.9. The monoisotopic (exact) mass is 312 g/mol. The molecule has 0 spiro atoms. The molecular formula is C17H32O3Si. The molecule has 0 saturated carbocycles.